The van der Waals surface area contributed by atoms with E-state index in [2.05, 4.69) is 4.98 Å². The van der Waals surface area contributed by atoms with Crippen molar-refractivity contribution in [1.82, 2.24) is 9.29 Å². The summed E-state index contributed by atoms with van der Waals surface area (Å²) in [6, 6.07) is 7.08. The lowest BCUT2D eigenvalue weighted by Crippen LogP contribution is -2.48. The van der Waals surface area contributed by atoms with Crippen LogP contribution in [-0.4, -0.2) is 43.0 Å². The predicted molar refractivity (Wildman–Crippen MR) is 85.2 cm³/mol. The summed E-state index contributed by atoms with van der Waals surface area (Å²) in [4.78, 5) is 4.64. The molecule has 0 amide bonds. The standard InChI is InChI=1S/C16H20N2O3S/c1-11-6-7-15(14-5-4-8-17-16(11)14)22(19,20)18-9-12(2)21-13(3)10-18/h4-8,12-13H,9-10H2,1-3H3/t12-,13+. The van der Waals surface area contributed by atoms with E-state index in [1.54, 1.807) is 18.3 Å². The van der Waals surface area contributed by atoms with E-state index in [4.69, 9.17) is 4.74 Å². The normalized spacial score (nSPS) is 23.8. The van der Waals surface area contributed by atoms with Crippen molar-refractivity contribution in [3.05, 3.63) is 36.0 Å². The van der Waals surface area contributed by atoms with Gasteiger partial charge in [0, 0.05) is 24.7 Å². The van der Waals surface area contributed by atoms with Crippen LogP contribution >= 0.6 is 0 Å². The molecular weight excluding hydrogens is 300 g/mol. The average Bonchev–Trinajstić information content (AvgIpc) is 2.46. The van der Waals surface area contributed by atoms with E-state index < -0.39 is 10.0 Å². The molecule has 2 aromatic rings. The zero-order chi connectivity index (χ0) is 15.9. The summed E-state index contributed by atoms with van der Waals surface area (Å²) in [7, 11) is -3.56. The SMILES string of the molecule is Cc1ccc(S(=O)(=O)N2C[C@@H](C)O[C@@H](C)C2)c2cccnc12. The van der Waals surface area contributed by atoms with Gasteiger partial charge in [0.05, 0.1) is 22.6 Å². The predicted octanol–water partition coefficient (Wildman–Crippen LogP) is 2.34. The van der Waals surface area contributed by atoms with Crippen molar-refractivity contribution in [2.24, 2.45) is 0 Å². The van der Waals surface area contributed by atoms with Crippen LogP contribution in [0.1, 0.15) is 19.4 Å². The number of rotatable bonds is 2. The third-order valence-corrected chi connectivity index (χ3v) is 5.83. The summed E-state index contributed by atoms with van der Waals surface area (Å²) in [5, 5.41) is 0.675. The van der Waals surface area contributed by atoms with Gasteiger partial charge in [-0.2, -0.15) is 4.31 Å². The van der Waals surface area contributed by atoms with Crippen LogP contribution in [0.2, 0.25) is 0 Å². The average molecular weight is 320 g/mol. The second-order valence-corrected chi connectivity index (χ2v) is 7.77. The van der Waals surface area contributed by atoms with E-state index in [1.165, 1.54) is 4.31 Å². The van der Waals surface area contributed by atoms with E-state index in [0.29, 0.717) is 23.4 Å². The molecule has 0 aliphatic carbocycles. The maximum absolute atomic E-state index is 13.0. The van der Waals surface area contributed by atoms with E-state index in [9.17, 15) is 8.42 Å². The van der Waals surface area contributed by atoms with Gasteiger partial charge in [0.2, 0.25) is 10.0 Å². The molecule has 1 aromatic heterocycles. The van der Waals surface area contributed by atoms with Crippen molar-refractivity contribution in [2.45, 2.75) is 37.9 Å². The molecule has 1 aliphatic heterocycles. The van der Waals surface area contributed by atoms with Gasteiger partial charge in [0.15, 0.2) is 0 Å². The second kappa shape index (κ2) is 5.61. The zero-order valence-electron chi connectivity index (χ0n) is 13.0. The Hall–Kier alpha value is -1.50. The molecule has 1 aromatic carbocycles. The van der Waals surface area contributed by atoms with E-state index in [0.717, 1.165) is 11.1 Å². The maximum atomic E-state index is 13.0. The number of aromatic nitrogens is 1. The first-order chi connectivity index (χ1) is 10.4. The Morgan fingerprint density at radius 1 is 1.18 bits per heavy atom. The molecule has 1 aliphatic rings. The van der Waals surface area contributed by atoms with Gasteiger partial charge < -0.3 is 4.74 Å². The number of aryl methyl sites for hydroxylation is 1. The summed E-state index contributed by atoms with van der Waals surface area (Å²) in [5.74, 6) is 0. The Labute approximate surface area is 131 Å². The van der Waals surface area contributed by atoms with Crippen molar-refractivity contribution in [2.75, 3.05) is 13.1 Å². The Morgan fingerprint density at radius 2 is 1.86 bits per heavy atom. The summed E-state index contributed by atoms with van der Waals surface area (Å²) in [6.45, 7) is 6.48. The van der Waals surface area contributed by atoms with Gasteiger partial charge in [0.1, 0.15) is 0 Å². The van der Waals surface area contributed by atoms with E-state index in [-0.39, 0.29) is 12.2 Å². The molecule has 22 heavy (non-hydrogen) atoms. The van der Waals surface area contributed by atoms with Crippen molar-refractivity contribution >= 4 is 20.9 Å². The van der Waals surface area contributed by atoms with Crippen LogP contribution in [0.25, 0.3) is 10.9 Å². The lowest BCUT2D eigenvalue weighted by Gasteiger charge is -2.34. The first-order valence-electron chi connectivity index (χ1n) is 7.39. The lowest BCUT2D eigenvalue weighted by molar-refractivity contribution is -0.0440. The number of hydrogen-bond donors (Lipinski definition) is 0. The molecule has 1 fully saturated rings. The van der Waals surface area contributed by atoms with Crippen LogP contribution in [0, 0.1) is 6.92 Å². The summed E-state index contributed by atoms with van der Waals surface area (Å²) >= 11 is 0. The van der Waals surface area contributed by atoms with Crippen LogP contribution in [0.15, 0.2) is 35.4 Å². The molecule has 3 rings (SSSR count). The minimum absolute atomic E-state index is 0.103. The van der Waals surface area contributed by atoms with Gasteiger partial charge in [-0.25, -0.2) is 8.42 Å². The molecule has 2 heterocycles. The monoisotopic (exact) mass is 320 g/mol. The highest BCUT2D eigenvalue weighted by molar-refractivity contribution is 7.89. The smallest absolute Gasteiger partial charge is 0.243 e. The fourth-order valence-electron chi connectivity index (χ4n) is 2.98. The molecule has 0 saturated carbocycles. The molecular formula is C16H20N2O3S. The lowest BCUT2D eigenvalue weighted by atomic mass is 10.1. The maximum Gasteiger partial charge on any atom is 0.243 e. The summed E-state index contributed by atoms with van der Waals surface area (Å²) in [5.41, 5.74) is 1.70. The first kappa shape index (κ1) is 15.4. The molecule has 0 unspecified atom stereocenters. The summed E-state index contributed by atoms with van der Waals surface area (Å²) < 4.78 is 33.2. The molecule has 2 atom stereocenters. The van der Waals surface area contributed by atoms with Gasteiger partial charge in [-0.1, -0.05) is 6.07 Å². The van der Waals surface area contributed by atoms with Crippen molar-refractivity contribution in [3.8, 4) is 0 Å². The number of morpholine rings is 1. The third kappa shape index (κ3) is 2.62. The number of benzene rings is 1. The first-order valence-corrected chi connectivity index (χ1v) is 8.83. The molecule has 5 nitrogen and oxygen atoms in total. The quantitative estimate of drug-likeness (QED) is 0.852. The van der Waals surface area contributed by atoms with Gasteiger partial charge >= 0.3 is 0 Å². The second-order valence-electron chi connectivity index (χ2n) is 5.86. The van der Waals surface area contributed by atoms with Crippen LogP contribution in [0.3, 0.4) is 0 Å². The Morgan fingerprint density at radius 3 is 2.55 bits per heavy atom. The van der Waals surface area contributed by atoms with Gasteiger partial charge in [-0.3, -0.25) is 4.98 Å². The minimum Gasteiger partial charge on any atom is -0.373 e. The van der Waals surface area contributed by atoms with Crippen LogP contribution in [-0.2, 0) is 14.8 Å². The van der Waals surface area contributed by atoms with Crippen LogP contribution in [0.4, 0.5) is 0 Å². The number of pyridine rings is 1. The molecule has 0 bridgehead atoms. The highest BCUT2D eigenvalue weighted by Crippen LogP contribution is 2.28. The number of sulfonamides is 1. The minimum atomic E-state index is -3.56. The molecule has 118 valence electrons. The molecule has 1 saturated heterocycles. The number of ether oxygens (including phenoxy) is 1. The highest BCUT2D eigenvalue weighted by atomic mass is 32.2. The topological polar surface area (TPSA) is 59.5 Å². The van der Waals surface area contributed by atoms with Crippen molar-refractivity contribution in [3.63, 3.8) is 0 Å². The van der Waals surface area contributed by atoms with Crippen LogP contribution in [0.5, 0.6) is 0 Å². The van der Waals surface area contributed by atoms with Gasteiger partial charge in [-0.05, 0) is 44.5 Å². The molecule has 0 radical (unpaired) electrons. The fourth-order valence-corrected chi connectivity index (χ4v) is 4.75. The summed E-state index contributed by atoms with van der Waals surface area (Å²) in [6.07, 6.45) is 1.48. The van der Waals surface area contributed by atoms with Crippen molar-refractivity contribution in [1.29, 1.82) is 0 Å². The number of nitrogens with zero attached hydrogens (tertiary/aromatic N) is 2. The largest absolute Gasteiger partial charge is 0.373 e. The fraction of sp³-hybridized carbons (Fsp3) is 0.438. The van der Waals surface area contributed by atoms with E-state index >= 15 is 0 Å². The van der Waals surface area contributed by atoms with Gasteiger partial charge in [0.25, 0.3) is 0 Å². The molecule has 0 N–H and O–H groups in total. The number of hydrogen-bond acceptors (Lipinski definition) is 4. The number of fused-ring (bicyclic) bond motifs is 1. The third-order valence-electron chi connectivity index (χ3n) is 3.94. The zero-order valence-corrected chi connectivity index (χ0v) is 13.8. The molecule has 6 heteroatoms. The Bertz CT molecular complexity index is 794. The molecule has 0 spiro atoms. The Balaban J connectivity index is 2.12. The van der Waals surface area contributed by atoms with Crippen molar-refractivity contribution < 1.29 is 13.2 Å². The van der Waals surface area contributed by atoms with Crippen LogP contribution < -0.4 is 0 Å². The Kier molecular flexibility index (Phi) is 3.92. The highest BCUT2D eigenvalue weighted by Gasteiger charge is 2.33. The van der Waals surface area contributed by atoms with E-state index in [1.807, 2.05) is 32.9 Å². The van der Waals surface area contributed by atoms with Gasteiger partial charge in [-0.15, -0.1) is 0 Å².